The molecule has 1 aliphatic rings. The number of aromatic nitrogens is 1. The van der Waals surface area contributed by atoms with Crippen LogP contribution in [0, 0.1) is 6.92 Å². The fourth-order valence-corrected chi connectivity index (χ4v) is 2.98. The van der Waals surface area contributed by atoms with Crippen LogP contribution in [0.3, 0.4) is 0 Å². The van der Waals surface area contributed by atoms with E-state index in [0.717, 1.165) is 52.8 Å². The fourth-order valence-electron chi connectivity index (χ4n) is 2.98. The zero-order chi connectivity index (χ0) is 14.3. The largest absolute Gasteiger partial charge is 0.481 e. The van der Waals surface area contributed by atoms with E-state index in [9.17, 15) is 9.90 Å². The van der Waals surface area contributed by atoms with Crippen molar-refractivity contribution in [1.82, 2.24) is 9.88 Å². The summed E-state index contributed by atoms with van der Waals surface area (Å²) in [5.74, 6) is -0.783. The van der Waals surface area contributed by atoms with Crippen LogP contribution in [0.5, 0.6) is 0 Å². The molecule has 0 spiro atoms. The molecule has 4 heteroatoms. The molecule has 0 radical (unpaired) electrons. The van der Waals surface area contributed by atoms with Crippen LogP contribution in [0.15, 0.2) is 18.2 Å². The first-order valence-corrected chi connectivity index (χ1v) is 6.86. The van der Waals surface area contributed by atoms with Crippen LogP contribution in [0.4, 0.5) is 0 Å². The molecule has 4 nitrogen and oxygen atoms in total. The number of aliphatic carboxylic acids is 1. The predicted molar refractivity (Wildman–Crippen MR) is 77.9 cm³/mol. The van der Waals surface area contributed by atoms with Gasteiger partial charge < -0.3 is 10.0 Å². The first-order chi connectivity index (χ1) is 9.56. The molecular weight excluding hydrogens is 252 g/mol. The third-order valence-corrected chi connectivity index (χ3v) is 4.01. The number of carbonyl (C=O) groups is 1. The molecule has 1 aromatic heterocycles. The molecular formula is C16H18N2O2. The minimum absolute atomic E-state index is 0.0681. The molecule has 0 bridgehead atoms. The smallest absolute Gasteiger partial charge is 0.307 e. The third kappa shape index (κ3) is 2.16. The average molecular weight is 270 g/mol. The van der Waals surface area contributed by atoms with Crippen molar-refractivity contribution >= 4 is 16.9 Å². The summed E-state index contributed by atoms with van der Waals surface area (Å²) in [6.07, 6.45) is 0.960. The molecule has 1 N–H and O–H groups in total. The fraction of sp³-hybridized carbons (Fsp3) is 0.375. The molecule has 20 heavy (non-hydrogen) atoms. The number of aryl methyl sites for hydroxylation is 1. The number of rotatable bonds is 2. The monoisotopic (exact) mass is 270 g/mol. The van der Waals surface area contributed by atoms with Crippen LogP contribution >= 0.6 is 0 Å². The van der Waals surface area contributed by atoms with Crippen LogP contribution in [0.1, 0.15) is 22.4 Å². The highest BCUT2D eigenvalue weighted by Crippen LogP contribution is 2.29. The summed E-state index contributed by atoms with van der Waals surface area (Å²) in [7, 11) is 2.06. The normalized spacial score (nSPS) is 15.3. The summed E-state index contributed by atoms with van der Waals surface area (Å²) in [6.45, 7) is 3.79. The Morgan fingerprint density at radius 1 is 1.45 bits per heavy atom. The Hall–Kier alpha value is -1.94. The zero-order valence-electron chi connectivity index (χ0n) is 11.8. The summed E-state index contributed by atoms with van der Waals surface area (Å²) in [4.78, 5) is 18.2. The molecule has 0 atom stereocenters. The molecule has 0 fully saturated rings. The van der Waals surface area contributed by atoms with Gasteiger partial charge in [0.25, 0.3) is 0 Å². The number of benzene rings is 1. The molecule has 0 aliphatic carbocycles. The molecule has 1 aliphatic heterocycles. The number of carboxylic acid groups (broad SMARTS) is 1. The van der Waals surface area contributed by atoms with Gasteiger partial charge in [0.15, 0.2) is 0 Å². The van der Waals surface area contributed by atoms with Crippen molar-refractivity contribution in [2.24, 2.45) is 0 Å². The molecule has 0 unspecified atom stereocenters. The Kier molecular flexibility index (Phi) is 3.18. The van der Waals surface area contributed by atoms with Crippen LogP contribution in [-0.2, 0) is 24.2 Å². The maximum atomic E-state index is 11.2. The van der Waals surface area contributed by atoms with Gasteiger partial charge in [-0.2, -0.15) is 0 Å². The van der Waals surface area contributed by atoms with Crippen molar-refractivity contribution in [3.05, 3.63) is 40.6 Å². The second-order valence-electron chi connectivity index (χ2n) is 5.54. The van der Waals surface area contributed by atoms with Gasteiger partial charge in [-0.15, -0.1) is 0 Å². The number of likely N-dealkylation sites (N-methyl/N-ethyl adjacent to an activating group) is 1. The second-order valence-corrected chi connectivity index (χ2v) is 5.54. The Balaban J connectivity index is 2.31. The summed E-state index contributed by atoms with van der Waals surface area (Å²) in [6, 6.07) is 5.99. The SMILES string of the molecule is Cc1cccc2c(CC(=O)O)c3c(nc12)CCN(C)C3. The molecule has 3 rings (SSSR count). The lowest BCUT2D eigenvalue weighted by molar-refractivity contribution is -0.136. The van der Waals surface area contributed by atoms with E-state index in [0.29, 0.717) is 0 Å². The molecule has 0 saturated carbocycles. The van der Waals surface area contributed by atoms with E-state index in [-0.39, 0.29) is 6.42 Å². The van der Waals surface area contributed by atoms with Gasteiger partial charge in [-0.05, 0) is 30.7 Å². The Morgan fingerprint density at radius 2 is 2.25 bits per heavy atom. The van der Waals surface area contributed by atoms with Crippen molar-refractivity contribution in [1.29, 1.82) is 0 Å². The summed E-state index contributed by atoms with van der Waals surface area (Å²) >= 11 is 0. The van der Waals surface area contributed by atoms with Gasteiger partial charge in [-0.1, -0.05) is 18.2 Å². The van der Waals surface area contributed by atoms with E-state index in [1.807, 2.05) is 25.1 Å². The number of pyridine rings is 1. The van der Waals surface area contributed by atoms with Crippen molar-refractivity contribution < 1.29 is 9.90 Å². The number of hydrogen-bond acceptors (Lipinski definition) is 3. The lowest BCUT2D eigenvalue weighted by Gasteiger charge is -2.27. The van der Waals surface area contributed by atoms with Crippen LogP contribution < -0.4 is 0 Å². The van der Waals surface area contributed by atoms with Gasteiger partial charge in [-0.3, -0.25) is 9.78 Å². The average Bonchev–Trinajstić information content (AvgIpc) is 2.40. The van der Waals surface area contributed by atoms with Gasteiger partial charge in [0.05, 0.1) is 11.9 Å². The minimum atomic E-state index is -0.783. The second kappa shape index (κ2) is 4.87. The summed E-state index contributed by atoms with van der Waals surface area (Å²) in [5, 5.41) is 10.2. The quantitative estimate of drug-likeness (QED) is 0.908. The van der Waals surface area contributed by atoms with Crippen molar-refractivity contribution in [3.63, 3.8) is 0 Å². The van der Waals surface area contributed by atoms with Crippen LogP contribution in [0.2, 0.25) is 0 Å². The van der Waals surface area contributed by atoms with Gasteiger partial charge in [0.2, 0.25) is 0 Å². The molecule has 1 aromatic carbocycles. The molecule has 104 valence electrons. The van der Waals surface area contributed by atoms with Crippen LogP contribution in [-0.4, -0.2) is 34.6 Å². The zero-order valence-corrected chi connectivity index (χ0v) is 11.8. The standard InChI is InChI=1S/C16H18N2O2/c1-10-4-3-5-11-12(8-15(19)20)13-9-18(2)7-6-14(13)17-16(10)11/h3-5H,6-9H2,1-2H3,(H,19,20). The van der Waals surface area contributed by atoms with Gasteiger partial charge in [-0.25, -0.2) is 0 Å². The van der Waals surface area contributed by atoms with Gasteiger partial charge in [0, 0.05) is 30.6 Å². The van der Waals surface area contributed by atoms with E-state index in [1.165, 1.54) is 0 Å². The maximum Gasteiger partial charge on any atom is 0.307 e. The number of fused-ring (bicyclic) bond motifs is 2. The summed E-state index contributed by atoms with van der Waals surface area (Å²) < 4.78 is 0. The minimum Gasteiger partial charge on any atom is -0.481 e. The van der Waals surface area contributed by atoms with Gasteiger partial charge in [0.1, 0.15) is 0 Å². The first kappa shape index (κ1) is 13.1. The van der Waals surface area contributed by atoms with Crippen LogP contribution in [0.25, 0.3) is 10.9 Å². The highest BCUT2D eigenvalue weighted by atomic mass is 16.4. The molecule has 2 heterocycles. The Labute approximate surface area is 118 Å². The predicted octanol–water partition coefficient (Wildman–Crippen LogP) is 2.16. The topological polar surface area (TPSA) is 53.4 Å². The number of carboxylic acids is 1. The summed E-state index contributed by atoms with van der Waals surface area (Å²) in [5.41, 5.74) is 5.18. The first-order valence-electron chi connectivity index (χ1n) is 6.86. The van der Waals surface area contributed by atoms with E-state index in [1.54, 1.807) is 0 Å². The lowest BCUT2D eigenvalue weighted by atomic mass is 9.93. The Morgan fingerprint density at radius 3 is 3.00 bits per heavy atom. The number of hydrogen-bond donors (Lipinski definition) is 1. The highest BCUT2D eigenvalue weighted by Gasteiger charge is 2.22. The van der Waals surface area contributed by atoms with E-state index in [2.05, 4.69) is 11.9 Å². The Bertz CT molecular complexity index is 694. The van der Waals surface area contributed by atoms with Crippen molar-refractivity contribution in [3.8, 4) is 0 Å². The van der Waals surface area contributed by atoms with Crippen molar-refractivity contribution in [2.45, 2.75) is 26.3 Å². The maximum absolute atomic E-state index is 11.2. The molecule has 0 saturated heterocycles. The number of nitrogens with zero attached hydrogens (tertiary/aromatic N) is 2. The van der Waals surface area contributed by atoms with E-state index in [4.69, 9.17) is 4.98 Å². The molecule has 0 amide bonds. The van der Waals surface area contributed by atoms with E-state index < -0.39 is 5.97 Å². The van der Waals surface area contributed by atoms with Gasteiger partial charge >= 0.3 is 5.97 Å². The third-order valence-electron chi connectivity index (χ3n) is 4.01. The lowest BCUT2D eigenvalue weighted by Crippen LogP contribution is -2.29. The number of para-hydroxylation sites is 1. The van der Waals surface area contributed by atoms with E-state index >= 15 is 0 Å². The highest BCUT2D eigenvalue weighted by molar-refractivity contribution is 5.89. The van der Waals surface area contributed by atoms with Crippen molar-refractivity contribution in [2.75, 3.05) is 13.6 Å². The molecule has 2 aromatic rings.